The molecular weight excluding hydrogens is 387 g/mol. The molecule has 1 aromatic heterocycles. The van der Waals surface area contributed by atoms with Crippen molar-refractivity contribution < 1.29 is 27.5 Å². The number of carbonyl (C=O) groups excluding carboxylic acids is 2. The van der Waals surface area contributed by atoms with E-state index in [2.05, 4.69) is 10.3 Å². The normalized spacial score (nSPS) is 13.4. The maximum atomic E-state index is 14.2. The summed E-state index contributed by atoms with van der Waals surface area (Å²) in [6.07, 6.45) is 1.01. The molecule has 6 nitrogen and oxygen atoms in total. The van der Waals surface area contributed by atoms with Crippen LogP contribution in [0.1, 0.15) is 45.2 Å². The van der Waals surface area contributed by atoms with Crippen molar-refractivity contribution >= 4 is 11.8 Å². The van der Waals surface area contributed by atoms with Gasteiger partial charge in [0.2, 0.25) is 5.88 Å². The third kappa shape index (κ3) is 4.33. The summed E-state index contributed by atoms with van der Waals surface area (Å²) in [4.78, 5) is 29.7. The van der Waals surface area contributed by atoms with Crippen molar-refractivity contribution in [3.05, 3.63) is 58.5 Å². The van der Waals surface area contributed by atoms with Crippen LogP contribution in [0, 0.1) is 5.82 Å². The molecule has 0 fully saturated rings. The number of hydrogen-bond donors (Lipinski definition) is 1. The third-order valence-corrected chi connectivity index (χ3v) is 4.68. The number of carbonyl (C=O) groups is 2. The van der Waals surface area contributed by atoms with Gasteiger partial charge in [0.15, 0.2) is 6.61 Å². The maximum absolute atomic E-state index is 14.2. The van der Waals surface area contributed by atoms with Crippen LogP contribution in [0.5, 0.6) is 5.88 Å². The Morgan fingerprint density at radius 2 is 2.10 bits per heavy atom. The van der Waals surface area contributed by atoms with E-state index in [1.165, 1.54) is 37.2 Å². The number of hydrogen-bond acceptors (Lipinski definition) is 4. The summed E-state index contributed by atoms with van der Waals surface area (Å²) < 4.78 is 46.3. The predicted octanol–water partition coefficient (Wildman–Crippen LogP) is 3.16. The lowest BCUT2D eigenvalue weighted by Gasteiger charge is -2.17. The van der Waals surface area contributed by atoms with Gasteiger partial charge in [-0.15, -0.1) is 0 Å². The van der Waals surface area contributed by atoms with Crippen LogP contribution in [0.25, 0.3) is 0 Å². The molecule has 0 radical (unpaired) electrons. The number of nitrogens with zero attached hydrogens (tertiary/aromatic N) is 2. The van der Waals surface area contributed by atoms with Gasteiger partial charge < -0.3 is 15.0 Å². The minimum absolute atomic E-state index is 0.0863. The van der Waals surface area contributed by atoms with Crippen LogP contribution in [0.3, 0.4) is 0 Å². The fourth-order valence-electron chi connectivity index (χ4n) is 2.99. The fraction of sp³-hybridized carbons (Fsp3) is 0.350. The van der Waals surface area contributed by atoms with Crippen molar-refractivity contribution in [2.24, 2.45) is 0 Å². The lowest BCUT2D eigenvalue weighted by atomic mass is 10.1. The number of ether oxygens (including phenoxy) is 1. The number of aromatic nitrogens is 1. The van der Waals surface area contributed by atoms with Gasteiger partial charge in [-0.05, 0) is 29.3 Å². The molecule has 1 aromatic carbocycles. The molecule has 2 aromatic rings. The largest absolute Gasteiger partial charge is 0.471 e. The van der Waals surface area contributed by atoms with Gasteiger partial charge in [0.25, 0.3) is 17.7 Å². The fourth-order valence-corrected chi connectivity index (χ4v) is 2.99. The molecule has 3 rings (SSSR count). The SMILES string of the molecule is CCC(F)(F)COc1nccc2c1C(=O)N(Cc1ccc(C(=O)NC)c(F)c1)C2. The van der Waals surface area contributed by atoms with E-state index < -0.39 is 30.2 Å². The zero-order chi connectivity index (χ0) is 21.2. The van der Waals surface area contributed by atoms with Crippen LogP contribution < -0.4 is 10.1 Å². The number of rotatable bonds is 7. The van der Waals surface area contributed by atoms with Crippen molar-refractivity contribution in [2.75, 3.05) is 13.7 Å². The first-order chi connectivity index (χ1) is 13.8. The summed E-state index contributed by atoms with van der Waals surface area (Å²) in [5.74, 6) is -4.83. The van der Waals surface area contributed by atoms with E-state index in [0.29, 0.717) is 11.1 Å². The summed E-state index contributed by atoms with van der Waals surface area (Å²) in [5.41, 5.74) is 1.14. The Morgan fingerprint density at radius 1 is 1.34 bits per heavy atom. The van der Waals surface area contributed by atoms with Gasteiger partial charge >= 0.3 is 0 Å². The average molecular weight is 407 g/mol. The second kappa shape index (κ2) is 8.10. The summed E-state index contributed by atoms with van der Waals surface area (Å²) in [5, 5.41) is 2.35. The van der Waals surface area contributed by atoms with Crippen LogP contribution >= 0.6 is 0 Å². The van der Waals surface area contributed by atoms with E-state index in [1.54, 1.807) is 12.1 Å². The molecule has 0 saturated heterocycles. The summed E-state index contributed by atoms with van der Waals surface area (Å²) in [6, 6.07) is 5.72. The molecule has 0 spiro atoms. The minimum Gasteiger partial charge on any atom is -0.471 e. The molecule has 2 amide bonds. The van der Waals surface area contributed by atoms with Crippen LogP contribution in [0.4, 0.5) is 13.2 Å². The van der Waals surface area contributed by atoms with Gasteiger partial charge in [-0.3, -0.25) is 9.59 Å². The van der Waals surface area contributed by atoms with E-state index in [4.69, 9.17) is 4.74 Å². The van der Waals surface area contributed by atoms with E-state index >= 15 is 0 Å². The highest BCUT2D eigenvalue weighted by molar-refractivity contribution is 6.00. The van der Waals surface area contributed by atoms with E-state index in [9.17, 15) is 22.8 Å². The zero-order valence-electron chi connectivity index (χ0n) is 16.0. The minimum atomic E-state index is -3.02. The first kappa shape index (κ1) is 20.6. The van der Waals surface area contributed by atoms with E-state index in [1.807, 2.05) is 0 Å². The standard InChI is InChI=1S/C20H20F3N3O3/c1-3-20(22,23)11-29-18-16-13(6-7-25-18)10-26(19(16)28)9-12-4-5-14(15(21)8-12)17(27)24-2/h4-8H,3,9-11H2,1-2H3,(H,24,27). The average Bonchev–Trinajstić information content (AvgIpc) is 3.02. The molecular formula is C20H20F3N3O3. The third-order valence-electron chi connectivity index (χ3n) is 4.68. The van der Waals surface area contributed by atoms with Crippen molar-refractivity contribution in [3.63, 3.8) is 0 Å². The predicted molar refractivity (Wildman–Crippen MR) is 98.3 cm³/mol. The van der Waals surface area contributed by atoms with Crippen molar-refractivity contribution in [2.45, 2.75) is 32.4 Å². The maximum Gasteiger partial charge on any atom is 0.281 e. The van der Waals surface area contributed by atoms with Crippen LogP contribution in [-0.2, 0) is 13.1 Å². The van der Waals surface area contributed by atoms with Gasteiger partial charge in [-0.25, -0.2) is 18.2 Å². The van der Waals surface area contributed by atoms with Gasteiger partial charge in [-0.2, -0.15) is 0 Å². The first-order valence-corrected chi connectivity index (χ1v) is 9.04. The highest BCUT2D eigenvalue weighted by Crippen LogP contribution is 2.31. The monoisotopic (exact) mass is 407 g/mol. The topological polar surface area (TPSA) is 71.5 Å². The van der Waals surface area contributed by atoms with Crippen LogP contribution in [0.15, 0.2) is 30.5 Å². The van der Waals surface area contributed by atoms with Gasteiger partial charge in [0, 0.05) is 32.8 Å². The number of halogens is 3. The number of amides is 2. The smallest absolute Gasteiger partial charge is 0.281 e. The summed E-state index contributed by atoms with van der Waals surface area (Å²) in [6.45, 7) is 0.777. The molecule has 1 aliphatic rings. The van der Waals surface area contributed by atoms with E-state index in [-0.39, 0.29) is 36.5 Å². The number of pyridine rings is 1. The van der Waals surface area contributed by atoms with Gasteiger partial charge in [0.1, 0.15) is 11.4 Å². The zero-order valence-corrected chi connectivity index (χ0v) is 16.0. The molecule has 1 aliphatic heterocycles. The highest BCUT2D eigenvalue weighted by atomic mass is 19.3. The first-order valence-electron chi connectivity index (χ1n) is 9.04. The lowest BCUT2D eigenvalue weighted by Crippen LogP contribution is -2.26. The molecule has 0 aliphatic carbocycles. The Kier molecular flexibility index (Phi) is 5.76. The number of benzene rings is 1. The van der Waals surface area contributed by atoms with E-state index in [0.717, 1.165) is 0 Å². The highest BCUT2D eigenvalue weighted by Gasteiger charge is 2.34. The molecule has 9 heteroatoms. The lowest BCUT2D eigenvalue weighted by molar-refractivity contribution is -0.0449. The molecule has 0 bridgehead atoms. The quantitative estimate of drug-likeness (QED) is 0.766. The number of nitrogens with one attached hydrogen (secondary N) is 1. The van der Waals surface area contributed by atoms with Gasteiger partial charge in [0.05, 0.1) is 5.56 Å². The Morgan fingerprint density at radius 3 is 2.76 bits per heavy atom. The molecule has 29 heavy (non-hydrogen) atoms. The molecule has 0 atom stereocenters. The van der Waals surface area contributed by atoms with Crippen LogP contribution in [-0.4, -0.2) is 41.3 Å². The number of fused-ring (bicyclic) bond motifs is 1. The Hall–Kier alpha value is -3.10. The van der Waals surface area contributed by atoms with Gasteiger partial charge in [-0.1, -0.05) is 13.0 Å². The van der Waals surface area contributed by atoms with Crippen molar-refractivity contribution in [1.29, 1.82) is 0 Å². The number of alkyl halides is 2. The molecule has 0 unspecified atom stereocenters. The second-order valence-electron chi connectivity index (χ2n) is 6.70. The molecule has 2 heterocycles. The molecule has 0 saturated carbocycles. The summed E-state index contributed by atoms with van der Waals surface area (Å²) >= 11 is 0. The summed E-state index contributed by atoms with van der Waals surface area (Å²) in [7, 11) is 1.40. The van der Waals surface area contributed by atoms with Crippen molar-refractivity contribution in [3.8, 4) is 5.88 Å². The van der Waals surface area contributed by atoms with Crippen LogP contribution in [0.2, 0.25) is 0 Å². The second-order valence-corrected chi connectivity index (χ2v) is 6.70. The Balaban J connectivity index is 1.77. The molecule has 1 N–H and O–H groups in total. The Bertz CT molecular complexity index is 950. The Labute approximate surface area is 165 Å². The van der Waals surface area contributed by atoms with Crippen molar-refractivity contribution in [1.82, 2.24) is 15.2 Å². The molecule has 154 valence electrons.